The molecule has 0 aliphatic carbocycles. The molecule has 0 amide bonds. The highest BCUT2D eigenvalue weighted by atomic mass is 32.2. The van der Waals surface area contributed by atoms with E-state index in [1.165, 1.54) is 11.3 Å². The second-order valence-electron chi connectivity index (χ2n) is 2.01. The Bertz CT molecular complexity index is 404. The van der Waals surface area contributed by atoms with Gasteiger partial charge in [-0.1, -0.05) is 0 Å². The van der Waals surface area contributed by atoms with Crippen LogP contribution in [0.25, 0.3) is 0 Å². The second-order valence-corrected chi connectivity index (χ2v) is 4.66. The van der Waals surface area contributed by atoms with E-state index in [9.17, 15) is 8.42 Å². The number of anilines is 1. The van der Waals surface area contributed by atoms with E-state index in [0.29, 0.717) is 9.90 Å². The van der Waals surface area contributed by atoms with Crippen molar-refractivity contribution in [1.82, 2.24) is 0 Å². The van der Waals surface area contributed by atoms with Crippen molar-refractivity contribution < 1.29 is 8.42 Å². The fraction of sp³-hybridized carbons (Fsp3) is 0. The van der Waals surface area contributed by atoms with Crippen LogP contribution < -0.4 is 5.43 Å². The van der Waals surface area contributed by atoms with Crippen molar-refractivity contribution in [2.24, 2.45) is 5.10 Å². The van der Waals surface area contributed by atoms with Gasteiger partial charge in [0.2, 0.25) is 9.84 Å². The van der Waals surface area contributed by atoms with Crippen LogP contribution in [0, 0.1) is 0 Å². The molecule has 1 aliphatic rings. The van der Waals surface area contributed by atoms with E-state index >= 15 is 0 Å². The Morgan fingerprint density at radius 2 is 2.36 bits per heavy atom. The van der Waals surface area contributed by atoms with Gasteiger partial charge in [0.15, 0.2) is 0 Å². The molecule has 0 atom stereocenters. The third kappa shape index (κ3) is 0.945. The monoisotopic (exact) mass is 188 g/mol. The van der Waals surface area contributed by atoms with Crippen molar-refractivity contribution in [1.29, 1.82) is 0 Å². The summed E-state index contributed by atoms with van der Waals surface area (Å²) in [4.78, 5) is 0.317. The maximum Gasteiger partial charge on any atom is 0.221 e. The zero-order chi connectivity index (χ0) is 7.90. The van der Waals surface area contributed by atoms with Gasteiger partial charge in [0.1, 0.15) is 15.4 Å². The predicted molar refractivity (Wildman–Crippen MR) is 43.6 cm³/mol. The molecule has 0 fully saturated rings. The number of hydrazone groups is 1. The van der Waals surface area contributed by atoms with Gasteiger partial charge in [-0.3, -0.25) is 5.43 Å². The summed E-state index contributed by atoms with van der Waals surface area (Å²) in [6.07, 6.45) is 0. The molecule has 0 aromatic carbocycles. The van der Waals surface area contributed by atoms with Crippen molar-refractivity contribution in [2.45, 2.75) is 4.90 Å². The molecule has 0 saturated heterocycles. The van der Waals surface area contributed by atoms with E-state index in [1.807, 2.05) is 0 Å². The summed E-state index contributed by atoms with van der Waals surface area (Å²) in [7, 11) is -3.24. The minimum atomic E-state index is -3.24. The number of fused-ring (bicyclic) bond motifs is 1. The van der Waals surface area contributed by atoms with Crippen LogP contribution in [-0.2, 0) is 9.84 Å². The molecule has 1 N–H and O–H groups in total. The third-order valence-corrected chi connectivity index (χ3v) is 3.58. The van der Waals surface area contributed by atoms with E-state index in [2.05, 4.69) is 10.5 Å². The number of nitrogens with one attached hydrogen (secondary N) is 1. The van der Waals surface area contributed by atoms with Crippen LogP contribution in [0.3, 0.4) is 0 Å². The predicted octanol–water partition coefficient (Wildman–Crippen LogP) is 0.891. The van der Waals surface area contributed by atoms with Crippen molar-refractivity contribution in [3.8, 4) is 0 Å². The van der Waals surface area contributed by atoms with E-state index in [0.717, 1.165) is 5.55 Å². The largest absolute Gasteiger partial charge is 0.267 e. The number of rotatable bonds is 0. The van der Waals surface area contributed by atoms with Gasteiger partial charge in [0.25, 0.3) is 0 Å². The van der Waals surface area contributed by atoms with E-state index < -0.39 is 9.84 Å². The molecule has 0 radical (unpaired) electrons. The average Bonchev–Trinajstić information content (AvgIpc) is 2.34. The van der Waals surface area contributed by atoms with Crippen molar-refractivity contribution in [3.63, 3.8) is 0 Å². The molecule has 0 unspecified atom stereocenters. The second kappa shape index (κ2) is 2.05. The zero-order valence-electron chi connectivity index (χ0n) is 5.31. The maximum absolute atomic E-state index is 11.2. The normalized spacial score (nSPS) is 18.9. The first-order valence-corrected chi connectivity index (χ1v) is 5.24. The SMILES string of the molecule is O=S1(=O)C=NNc2sccc21. The molecule has 1 aromatic rings. The van der Waals surface area contributed by atoms with Gasteiger partial charge in [0.05, 0.1) is 0 Å². The summed E-state index contributed by atoms with van der Waals surface area (Å²) in [5.74, 6) is 0. The molecule has 58 valence electrons. The summed E-state index contributed by atoms with van der Waals surface area (Å²) >= 11 is 1.32. The molecule has 2 heterocycles. The molecule has 2 rings (SSSR count). The smallest absolute Gasteiger partial charge is 0.221 e. The first-order chi connectivity index (χ1) is 5.20. The lowest BCUT2D eigenvalue weighted by molar-refractivity contribution is 0.608. The van der Waals surface area contributed by atoms with Crippen LogP contribution in [0.5, 0.6) is 0 Å². The van der Waals surface area contributed by atoms with Crippen molar-refractivity contribution in [2.75, 3.05) is 5.43 Å². The Morgan fingerprint density at radius 3 is 3.09 bits per heavy atom. The fourth-order valence-corrected chi connectivity index (χ4v) is 2.89. The van der Waals surface area contributed by atoms with Gasteiger partial charge in [-0.25, -0.2) is 8.42 Å². The standard InChI is InChI=1S/C5H4N2O2S2/c8-11(9)3-6-7-5-4(11)1-2-10-5/h1-3,7H. The van der Waals surface area contributed by atoms with Crippen molar-refractivity contribution >= 4 is 31.7 Å². The molecule has 1 aromatic heterocycles. The highest BCUT2D eigenvalue weighted by molar-refractivity contribution is 8.04. The summed E-state index contributed by atoms with van der Waals surface area (Å²) in [5, 5.41) is 5.79. The van der Waals surface area contributed by atoms with Crippen LogP contribution in [0.4, 0.5) is 5.00 Å². The number of hydrogen-bond acceptors (Lipinski definition) is 5. The van der Waals surface area contributed by atoms with E-state index in [-0.39, 0.29) is 0 Å². The van der Waals surface area contributed by atoms with Gasteiger partial charge in [0, 0.05) is 0 Å². The van der Waals surface area contributed by atoms with Crippen LogP contribution in [0.1, 0.15) is 0 Å². The average molecular weight is 188 g/mol. The summed E-state index contributed by atoms with van der Waals surface area (Å²) in [5.41, 5.74) is 3.53. The van der Waals surface area contributed by atoms with Crippen LogP contribution in [-0.4, -0.2) is 14.0 Å². The first kappa shape index (κ1) is 6.81. The Balaban J connectivity index is 2.75. The third-order valence-electron chi connectivity index (χ3n) is 1.29. The Kier molecular flexibility index (Phi) is 1.27. The topological polar surface area (TPSA) is 58.5 Å². The molecule has 0 bridgehead atoms. The summed E-state index contributed by atoms with van der Waals surface area (Å²) < 4.78 is 22.3. The van der Waals surface area contributed by atoms with Crippen LogP contribution in [0.15, 0.2) is 21.4 Å². The fourth-order valence-electron chi connectivity index (χ4n) is 0.814. The zero-order valence-corrected chi connectivity index (χ0v) is 6.95. The molecule has 6 heteroatoms. The van der Waals surface area contributed by atoms with Gasteiger partial charge in [-0.05, 0) is 11.4 Å². The lowest BCUT2D eigenvalue weighted by atomic mass is 10.6. The number of hydrogen-bond donors (Lipinski definition) is 1. The van der Waals surface area contributed by atoms with Gasteiger partial charge < -0.3 is 0 Å². The lowest BCUT2D eigenvalue weighted by Crippen LogP contribution is -2.09. The van der Waals surface area contributed by atoms with Gasteiger partial charge >= 0.3 is 0 Å². The maximum atomic E-state index is 11.2. The molecular formula is C5H4N2O2S2. The van der Waals surface area contributed by atoms with Gasteiger partial charge in [-0.2, -0.15) is 5.10 Å². The van der Waals surface area contributed by atoms with Crippen LogP contribution >= 0.6 is 11.3 Å². The first-order valence-electron chi connectivity index (χ1n) is 2.82. The summed E-state index contributed by atoms with van der Waals surface area (Å²) in [6.45, 7) is 0. The van der Waals surface area contributed by atoms with Crippen LogP contribution in [0.2, 0.25) is 0 Å². The molecule has 4 nitrogen and oxygen atoms in total. The Morgan fingerprint density at radius 1 is 1.55 bits per heavy atom. The van der Waals surface area contributed by atoms with E-state index in [1.54, 1.807) is 11.4 Å². The van der Waals surface area contributed by atoms with Gasteiger partial charge in [-0.15, -0.1) is 11.3 Å². The summed E-state index contributed by atoms with van der Waals surface area (Å²) in [6, 6.07) is 1.56. The Hall–Kier alpha value is -0.880. The molecule has 0 spiro atoms. The highest BCUT2D eigenvalue weighted by Gasteiger charge is 2.20. The highest BCUT2D eigenvalue weighted by Crippen LogP contribution is 2.29. The Labute approximate surface area is 67.5 Å². The molecule has 11 heavy (non-hydrogen) atoms. The number of nitrogens with zero attached hydrogens (tertiary/aromatic N) is 1. The quantitative estimate of drug-likeness (QED) is 0.657. The lowest BCUT2D eigenvalue weighted by Gasteiger charge is -2.04. The minimum absolute atomic E-state index is 0.317. The minimum Gasteiger partial charge on any atom is -0.267 e. The number of sulfone groups is 1. The van der Waals surface area contributed by atoms with E-state index in [4.69, 9.17) is 0 Å². The molecule has 0 saturated carbocycles. The van der Waals surface area contributed by atoms with Crippen molar-refractivity contribution in [3.05, 3.63) is 11.4 Å². The number of thiophene rings is 1. The molecular weight excluding hydrogens is 184 g/mol. The molecule has 1 aliphatic heterocycles.